The summed E-state index contributed by atoms with van der Waals surface area (Å²) in [4.78, 5) is 22.5. The van der Waals surface area contributed by atoms with Gasteiger partial charge >= 0.3 is 5.97 Å². The Labute approximate surface area is 101 Å². The van der Waals surface area contributed by atoms with E-state index in [0.717, 1.165) is 10.7 Å². The van der Waals surface area contributed by atoms with E-state index >= 15 is 0 Å². The van der Waals surface area contributed by atoms with Gasteiger partial charge in [0, 0.05) is 11.8 Å². The second kappa shape index (κ2) is 4.79. The lowest BCUT2D eigenvalue weighted by Crippen LogP contribution is -2.28. The van der Waals surface area contributed by atoms with Gasteiger partial charge in [0.25, 0.3) is 5.56 Å². The zero-order valence-electron chi connectivity index (χ0n) is 9.21. The maximum atomic E-state index is 13.4. The first-order valence-electron chi connectivity index (χ1n) is 5.12. The van der Waals surface area contributed by atoms with Crippen LogP contribution >= 0.6 is 0 Å². The van der Waals surface area contributed by atoms with Crippen LogP contribution in [0, 0.1) is 5.82 Å². The van der Waals surface area contributed by atoms with E-state index in [1.165, 1.54) is 24.4 Å². The average molecular weight is 248 g/mol. The number of aromatic nitrogens is 2. The fourth-order valence-electron chi connectivity index (χ4n) is 1.51. The van der Waals surface area contributed by atoms with Gasteiger partial charge in [0.1, 0.15) is 11.4 Å². The number of nitrogens with zero attached hydrogens (tertiary/aromatic N) is 2. The molecular formula is C12H9FN2O3. The number of rotatable bonds is 3. The van der Waals surface area contributed by atoms with Crippen LogP contribution in [-0.2, 0) is 6.54 Å². The smallest absolute Gasteiger partial charge is 0.341 e. The summed E-state index contributed by atoms with van der Waals surface area (Å²) < 4.78 is 14.3. The molecule has 92 valence electrons. The molecule has 1 N–H and O–H groups in total. The molecule has 1 aromatic carbocycles. The second-order valence-electron chi connectivity index (χ2n) is 3.60. The van der Waals surface area contributed by atoms with Crippen molar-refractivity contribution in [2.75, 3.05) is 0 Å². The second-order valence-corrected chi connectivity index (χ2v) is 3.60. The van der Waals surface area contributed by atoms with Gasteiger partial charge in [-0.3, -0.25) is 4.79 Å². The molecule has 0 radical (unpaired) electrons. The van der Waals surface area contributed by atoms with Crippen LogP contribution in [0.1, 0.15) is 15.9 Å². The first-order chi connectivity index (χ1) is 8.59. The zero-order chi connectivity index (χ0) is 13.1. The molecule has 0 fully saturated rings. The molecular weight excluding hydrogens is 239 g/mol. The van der Waals surface area contributed by atoms with Gasteiger partial charge in [0.15, 0.2) is 0 Å². The van der Waals surface area contributed by atoms with Crippen molar-refractivity contribution >= 4 is 5.97 Å². The number of halogens is 1. The van der Waals surface area contributed by atoms with Crippen molar-refractivity contribution in [2.24, 2.45) is 0 Å². The van der Waals surface area contributed by atoms with Gasteiger partial charge in [-0.2, -0.15) is 5.10 Å². The summed E-state index contributed by atoms with van der Waals surface area (Å²) in [5.74, 6) is -1.79. The van der Waals surface area contributed by atoms with E-state index in [4.69, 9.17) is 5.11 Å². The number of hydrogen-bond donors (Lipinski definition) is 1. The predicted octanol–water partition coefficient (Wildman–Crippen LogP) is 1.13. The lowest BCUT2D eigenvalue weighted by Gasteiger charge is -2.05. The maximum absolute atomic E-state index is 13.4. The molecule has 0 unspecified atom stereocenters. The van der Waals surface area contributed by atoms with Crippen LogP contribution in [-0.4, -0.2) is 20.9 Å². The third-order valence-corrected chi connectivity index (χ3v) is 2.42. The fraction of sp³-hybridized carbons (Fsp3) is 0.0833. The number of carbonyl (C=O) groups is 1. The van der Waals surface area contributed by atoms with Crippen LogP contribution in [0.2, 0.25) is 0 Å². The van der Waals surface area contributed by atoms with Crippen molar-refractivity contribution in [1.82, 2.24) is 9.78 Å². The standard InChI is InChI=1S/C12H9FN2O3/c13-10-4-2-1-3-8(10)7-15-11(16)9(12(17)18)5-6-14-15/h1-6H,7H2,(H,17,18). The molecule has 0 amide bonds. The Morgan fingerprint density at radius 2 is 2.06 bits per heavy atom. The van der Waals surface area contributed by atoms with Crippen molar-refractivity contribution in [3.8, 4) is 0 Å². The molecule has 0 aliphatic rings. The molecule has 6 heteroatoms. The molecule has 5 nitrogen and oxygen atoms in total. The van der Waals surface area contributed by atoms with E-state index in [2.05, 4.69) is 5.10 Å². The van der Waals surface area contributed by atoms with Crippen LogP contribution in [0.3, 0.4) is 0 Å². The topological polar surface area (TPSA) is 72.2 Å². The van der Waals surface area contributed by atoms with Crippen LogP contribution in [0.15, 0.2) is 41.3 Å². The van der Waals surface area contributed by atoms with Gasteiger partial charge in [-0.25, -0.2) is 13.9 Å². The highest BCUT2D eigenvalue weighted by Crippen LogP contribution is 2.06. The largest absolute Gasteiger partial charge is 0.477 e. The zero-order valence-corrected chi connectivity index (χ0v) is 9.21. The number of benzene rings is 1. The Balaban J connectivity index is 2.42. The molecule has 2 aromatic rings. The van der Waals surface area contributed by atoms with Gasteiger partial charge in [0.05, 0.1) is 6.54 Å². The number of carboxylic acids is 1. The minimum Gasteiger partial charge on any atom is -0.477 e. The van der Waals surface area contributed by atoms with Gasteiger partial charge in [-0.05, 0) is 12.1 Å². The molecule has 0 atom stereocenters. The predicted molar refractivity (Wildman–Crippen MR) is 61.0 cm³/mol. The van der Waals surface area contributed by atoms with Gasteiger partial charge in [0.2, 0.25) is 0 Å². The molecule has 0 aliphatic heterocycles. The van der Waals surface area contributed by atoms with Crippen LogP contribution in [0.4, 0.5) is 4.39 Å². The average Bonchev–Trinajstić information content (AvgIpc) is 2.34. The van der Waals surface area contributed by atoms with E-state index in [0.29, 0.717) is 0 Å². The van der Waals surface area contributed by atoms with E-state index < -0.39 is 17.3 Å². The highest BCUT2D eigenvalue weighted by atomic mass is 19.1. The highest BCUT2D eigenvalue weighted by molar-refractivity contribution is 5.86. The van der Waals surface area contributed by atoms with Crippen LogP contribution in [0.25, 0.3) is 0 Å². The van der Waals surface area contributed by atoms with Crippen molar-refractivity contribution in [3.63, 3.8) is 0 Å². The Kier molecular flexibility index (Phi) is 3.18. The lowest BCUT2D eigenvalue weighted by molar-refractivity contribution is 0.0693. The quantitative estimate of drug-likeness (QED) is 0.883. The van der Waals surface area contributed by atoms with Crippen LogP contribution < -0.4 is 5.56 Å². The number of carboxylic acid groups (broad SMARTS) is 1. The van der Waals surface area contributed by atoms with Gasteiger partial charge < -0.3 is 5.11 Å². The summed E-state index contributed by atoms with van der Waals surface area (Å²) in [5, 5.41) is 12.5. The van der Waals surface area contributed by atoms with E-state index in [1.807, 2.05) is 0 Å². The van der Waals surface area contributed by atoms with Crippen molar-refractivity contribution in [3.05, 3.63) is 63.8 Å². The number of hydrogen-bond acceptors (Lipinski definition) is 3. The summed E-state index contributed by atoms with van der Waals surface area (Å²) in [5.41, 5.74) is -0.871. The normalized spacial score (nSPS) is 10.3. The Bertz CT molecular complexity index is 652. The molecule has 0 saturated heterocycles. The van der Waals surface area contributed by atoms with Crippen molar-refractivity contribution < 1.29 is 14.3 Å². The van der Waals surface area contributed by atoms with Crippen molar-refractivity contribution in [2.45, 2.75) is 6.54 Å². The first kappa shape index (κ1) is 12.0. The highest BCUT2D eigenvalue weighted by Gasteiger charge is 2.12. The van der Waals surface area contributed by atoms with E-state index in [1.54, 1.807) is 6.07 Å². The lowest BCUT2D eigenvalue weighted by atomic mass is 10.2. The fourth-order valence-corrected chi connectivity index (χ4v) is 1.51. The summed E-state index contributed by atoms with van der Waals surface area (Å²) in [6.45, 7) is -0.105. The number of aromatic carboxylic acids is 1. The maximum Gasteiger partial charge on any atom is 0.341 e. The van der Waals surface area contributed by atoms with Crippen molar-refractivity contribution in [1.29, 1.82) is 0 Å². The molecule has 1 aromatic heterocycles. The monoisotopic (exact) mass is 248 g/mol. The molecule has 1 heterocycles. The van der Waals surface area contributed by atoms with E-state index in [9.17, 15) is 14.0 Å². The first-order valence-corrected chi connectivity index (χ1v) is 5.12. The summed E-state index contributed by atoms with van der Waals surface area (Å²) in [6, 6.07) is 7.05. The van der Waals surface area contributed by atoms with Crippen LogP contribution in [0.5, 0.6) is 0 Å². The Hall–Kier alpha value is -2.50. The minimum atomic E-state index is -1.33. The molecule has 0 bridgehead atoms. The molecule has 0 aliphatic carbocycles. The van der Waals surface area contributed by atoms with Gasteiger partial charge in [-0.1, -0.05) is 18.2 Å². The SMILES string of the molecule is O=C(O)c1ccnn(Cc2ccccc2F)c1=O. The summed E-state index contributed by atoms with van der Waals surface area (Å²) in [7, 11) is 0. The Morgan fingerprint density at radius 1 is 1.33 bits per heavy atom. The molecule has 18 heavy (non-hydrogen) atoms. The summed E-state index contributed by atoms with van der Waals surface area (Å²) >= 11 is 0. The third-order valence-electron chi connectivity index (χ3n) is 2.42. The minimum absolute atomic E-state index is 0.105. The Morgan fingerprint density at radius 3 is 2.72 bits per heavy atom. The summed E-state index contributed by atoms with van der Waals surface area (Å²) in [6.07, 6.45) is 1.20. The third kappa shape index (κ3) is 2.27. The molecule has 0 spiro atoms. The molecule has 2 rings (SSSR count). The van der Waals surface area contributed by atoms with Gasteiger partial charge in [-0.15, -0.1) is 0 Å². The van der Waals surface area contributed by atoms with E-state index in [-0.39, 0.29) is 17.7 Å². The molecule has 0 saturated carbocycles.